The Morgan fingerprint density at radius 2 is 2.36 bits per heavy atom. The molecule has 1 aromatic heterocycles. The van der Waals surface area contributed by atoms with E-state index in [0.717, 1.165) is 16.4 Å². The molecule has 1 fully saturated rings. The van der Waals surface area contributed by atoms with Crippen molar-refractivity contribution < 1.29 is 4.74 Å². The molecule has 1 aromatic rings. The molecule has 1 aliphatic heterocycles. The van der Waals surface area contributed by atoms with Crippen LogP contribution in [0.3, 0.4) is 0 Å². The SMILES string of the molecule is CC1CCC(c2ncc(I)c(N)n2)O1. The van der Waals surface area contributed by atoms with Crippen molar-refractivity contribution in [3.8, 4) is 0 Å². The monoisotopic (exact) mass is 305 g/mol. The van der Waals surface area contributed by atoms with E-state index in [9.17, 15) is 0 Å². The molecular formula is C9H12IN3O. The van der Waals surface area contributed by atoms with Crippen molar-refractivity contribution in [1.82, 2.24) is 9.97 Å². The number of rotatable bonds is 1. The van der Waals surface area contributed by atoms with Crippen LogP contribution in [0.2, 0.25) is 0 Å². The maximum atomic E-state index is 5.71. The van der Waals surface area contributed by atoms with Gasteiger partial charge in [0.15, 0.2) is 5.82 Å². The summed E-state index contributed by atoms with van der Waals surface area (Å²) in [5.41, 5.74) is 5.71. The van der Waals surface area contributed by atoms with Crippen molar-refractivity contribution in [2.75, 3.05) is 5.73 Å². The fourth-order valence-corrected chi connectivity index (χ4v) is 1.80. The van der Waals surface area contributed by atoms with E-state index in [4.69, 9.17) is 10.5 Å². The van der Waals surface area contributed by atoms with Crippen molar-refractivity contribution in [3.63, 3.8) is 0 Å². The lowest BCUT2D eigenvalue weighted by Crippen LogP contribution is -2.08. The lowest BCUT2D eigenvalue weighted by atomic mass is 10.2. The number of nitrogen functional groups attached to an aromatic ring is 1. The highest BCUT2D eigenvalue weighted by molar-refractivity contribution is 14.1. The molecule has 2 N–H and O–H groups in total. The number of ether oxygens (including phenoxy) is 1. The number of anilines is 1. The van der Waals surface area contributed by atoms with Crippen LogP contribution in [0.25, 0.3) is 0 Å². The van der Waals surface area contributed by atoms with E-state index >= 15 is 0 Å². The Hall–Kier alpha value is -0.430. The van der Waals surface area contributed by atoms with Gasteiger partial charge in [0.25, 0.3) is 0 Å². The molecule has 76 valence electrons. The van der Waals surface area contributed by atoms with Crippen molar-refractivity contribution in [1.29, 1.82) is 0 Å². The predicted octanol–water partition coefficient (Wildman–Crippen LogP) is 1.90. The van der Waals surface area contributed by atoms with Crippen LogP contribution < -0.4 is 5.73 Å². The quantitative estimate of drug-likeness (QED) is 0.805. The molecule has 14 heavy (non-hydrogen) atoms. The molecule has 0 bridgehead atoms. The summed E-state index contributed by atoms with van der Waals surface area (Å²) in [7, 11) is 0. The maximum absolute atomic E-state index is 5.71. The number of nitrogens with two attached hydrogens (primary N) is 1. The van der Waals surface area contributed by atoms with Gasteiger partial charge >= 0.3 is 0 Å². The van der Waals surface area contributed by atoms with Crippen LogP contribution in [0.4, 0.5) is 5.82 Å². The van der Waals surface area contributed by atoms with Crippen LogP contribution in [0.5, 0.6) is 0 Å². The van der Waals surface area contributed by atoms with Gasteiger partial charge in [-0.05, 0) is 42.4 Å². The Balaban J connectivity index is 2.20. The molecule has 2 unspecified atom stereocenters. The van der Waals surface area contributed by atoms with Crippen LogP contribution in [0, 0.1) is 3.57 Å². The third kappa shape index (κ3) is 1.98. The Morgan fingerprint density at radius 3 is 2.93 bits per heavy atom. The van der Waals surface area contributed by atoms with Gasteiger partial charge in [-0.3, -0.25) is 0 Å². The zero-order chi connectivity index (χ0) is 10.1. The van der Waals surface area contributed by atoms with Gasteiger partial charge in [-0.2, -0.15) is 0 Å². The van der Waals surface area contributed by atoms with Gasteiger partial charge in [0.1, 0.15) is 11.9 Å². The number of halogens is 1. The first kappa shape index (κ1) is 10.1. The van der Waals surface area contributed by atoms with E-state index < -0.39 is 0 Å². The summed E-state index contributed by atoms with van der Waals surface area (Å²) < 4.78 is 6.55. The van der Waals surface area contributed by atoms with E-state index in [1.807, 2.05) is 0 Å². The largest absolute Gasteiger partial charge is 0.383 e. The average molecular weight is 305 g/mol. The second-order valence-corrected chi connectivity index (χ2v) is 4.64. The van der Waals surface area contributed by atoms with E-state index in [-0.39, 0.29) is 6.10 Å². The summed E-state index contributed by atoms with van der Waals surface area (Å²) in [6.45, 7) is 2.07. The second kappa shape index (κ2) is 3.98. The van der Waals surface area contributed by atoms with E-state index in [0.29, 0.717) is 17.7 Å². The van der Waals surface area contributed by atoms with Gasteiger partial charge in [-0.15, -0.1) is 0 Å². The lowest BCUT2D eigenvalue weighted by Gasteiger charge is -2.09. The standard InChI is InChI=1S/C9H12IN3O/c1-5-2-3-7(14-5)9-12-4-6(10)8(11)13-9/h4-5,7H,2-3H2,1H3,(H2,11,12,13). The number of aromatic nitrogens is 2. The molecule has 4 nitrogen and oxygen atoms in total. The van der Waals surface area contributed by atoms with Crippen LogP contribution in [0.1, 0.15) is 31.7 Å². The van der Waals surface area contributed by atoms with Gasteiger partial charge in [0.2, 0.25) is 0 Å². The Morgan fingerprint density at radius 1 is 1.57 bits per heavy atom. The fourth-order valence-electron chi connectivity index (χ4n) is 1.54. The minimum absolute atomic E-state index is 0.0318. The van der Waals surface area contributed by atoms with Gasteiger partial charge in [-0.25, -0.2) is 9.97 Å². The van der Waals surface area contributed by atoms with E-state index in [1.165, 1.54) is 0 Å². The van der Waals surface area contributed by atoms with Gasteiger partial charge in [0, 0.05) is 6.20 Å². The van der Waals surface area contributed by atoms with Gasteiger partial charge in [-0.1, -0.05) is 0 Å². The zero-order valence-electron chi connectivity index (χ0n) is 7.90. The van der Waals surface area contributed by atoms with Crippen LogP contribution >= 0.6 is 22.6 Å². The first-order valence-corrected chi connectivity index (χ1v) is 5.68. The van der Waals surface area contributed by atoms with Crippen molar-refractivity contribution in [2.24, 2.45) is 0 Å². The highest BCUT2D eigenvalue weighted by Gasteiger charge is 2.25. The summed E-state index contributed by atoms with van der Waals surface area (Å²) in [5, 5.41) is 0. The van der Waals surface area contributed by atoms with Crippen molar-refractivity contribution in [3.05, 3.63) is 15.6 Å². The molecule has 0 aromatic carbocycles. The Kier molecular flexibility index (Phi) is 2.87. The molecule has 0 saturated carbocycles. The average Bonchev–Trinajstić information content (AvgIpc) is 2.57. The third-order valence-corrected chi connectivity index (χ3v) is 3.14. The smallest absolute Gasteiger partial charge is 0.159 e. The molecule has 2 heterocycles. The number of hydrogen-bond acceptors (Lipinski definition) is 4. The molecule has 5 heteroatoms. The molecule has 0 aliphatic carbocycles. The van der Waals surface area contributed by atoms with Crippen molar-refractivity contribution in [2.45, 2.75) is 32.0 Å². The molecule has 0 amide bonds. The van der Waals surface area contributed by atoms with Crippen LogP contribution in [0.15, 0.2) is 6.20 Å². The molecule has 1 aliphatic rings. The topological polar surface area (TPSA) is 61.0 Å². The van der Waals surface area contributed by atoms with Gasteiger partial charge < -0.3 is 10.5 Å². The predicted molar refractivity (Wildman–Crippen MR) is 61.7 cm³/mol. The summed E-state index contributed by atoms with van der Waals surface area (Å²) in [5.74, 6) is 1.26. The Bertz CT molecular complexity index is 345. The lowest BCUT2D eigenvalue weighted by molar-refractivity contribution is 0.0503. The second-order valence-electron chi connectivity index (χ2n) is 3.47. The molecule has 1 saturated heterocycles. The van der Waals surface area contributed by atoms with Crippen molar-refractivity contribution >= 4 is 28.4 Å². The minimum Gasteiger partial charge on any atom is -0.383 e. The highest BCUT2D eigenvalue weighted by Crippen LogP contribution is 2.30. The maximum Gasteiger partial charge on any atom is 0.159 e. The Labute approximate surface area is 96.4 Å². The number of hydrogen-bond donors (Lipinski definition) is 1. The minimum atomic E-state index is 0.0318. The fraction of sp³-hybridized carbons (Fsp3) is 0.556. The first-order chi connectivity index (χ1) is 6.66. The van der Waals surface area contributed by atoms with Gasteiger partial charge in [0.05, 0.1) is 9.67 Å². The van der Waals surface area contributed by atoms with E-state index in [1.54, 1.807) is 6.20 Å². The summed E-state index contributed by atoms with van der Waals surface area (Å²) in [6.07, 6.45) is 4.14. The number of nitrogens with zero attached hydrogens (tertiary/aromatic N) is 2. The summed E-state index contributed by atoms with van der Waals surface area (Å²) in [6, 6.07) is 0. The molecule has 2 atom stereocenters. The summed E-state index contributed by atoms with van der Waals surface area (Å²) in [4.78, 5) is 8.46. The third-order valence-electron chi connectivity index (χ3n) is 2.31. The van der Waals surface area contributed by atoms with Crippen LogP contribution in [-0.4, -0.2) is 16.1 Å². The first-order valence-electron chi connectivity index (χ1n) is 4.60. The van der Waals surface area contributed by atoms with Crippen LogP contribution in [-0.2, 0) is 4.74 Å². The molecule has 0 spiro atoms. The molecule has 0 radical (unpaired) electrons. The highest BCUT2D eigenvalue weighted by atomic mass is 127. The molecule has 2 rings (SSSR count). The summed E-state index contributed by atoms with van der Waals surface area (Å²) >= 11 is 2.12. The van der Waals surface area contributed by atoms with E-state index in [2.05, 4.69) is 39.5 Å². The molecular weight excluding hydrogens is 293 g/mol. The normalized spacial score (nSPS) is 26.7. The zero-order valence-corrected chi connectivity index (χ0v) is 10.1.